The van der Waals surface area contributed by atoms with Gasteiger partial charge in [0.15, 0.2) is 0 Å². The smallest absolute Gasteiger partial charge is 0.266 e. The summed E-state index contributed by atoms with van der Waals surface area (Å²) >= 11 is 6.30. The summed E-state index contributed by atoms with van der Waals surface area (Å²) in [4.78, 5) is 24.7. The van der Waals surface area contributed by atoms with E-state index in [4.69, 9.17) is 17.0 Å². The molecule has 1 aliphatic heterocycles. The van der Waals surface area contributed by atoms with E-state index in [-0.39, 0.29) is 25.0 Å². The Morgan fingerprint density at radius 1 is 1.43 bits per heavy atom. The van der Waals surface area contributed by atoms with Crippen molar-refractivity contribution in [1.29, 1.82) is 0 Å². The van der Waals surface area contributed by atoms with Gasteiger partial charge in [0.2, 0.25) is 0 Å². The first-order valence-corrected chi connectivity index (χ1v) is 8.32. The molecule has 0 aromatic heterocycles. The maximum absolute atomic E-state index is 12.4. The number of carboxylic acid groups (broad SMARTS) is 1. The van der Waals surface area contributed by atoms with Crippen LogP contribution in [0.2, 0.25) is 0 Å². The Balaban J connectivity index is 2.22. The van der Waals surface area contributed by atoms with E-state index in [1.54, 1.807) is 6.08 Å². The Labute approximate surface area is 144 Å². The Hall–Kier alpha value is -1.86. The summed E-state index contributed by atoms with van der Waals surface area (Å²) in [7, 11) is 0. The summed E-state index contributed by atoms with van der Waals surface area (Å²) in [6, 6.07) is 7.41. The van der Waals surface area contributed by atoms with Crippen molar-refractivity contribution < 1.29 is 19.4 Å². The highest BCUT2D eigenvalue weighted by Crippen LogP contribution is 2.34. The number of carbonyl (C=O) groups is 2. The minimum atomic E-state index is -1.21. The predicted molar refractivity (Wildman–Crippen MR) is 91.7 cm³/mol. The highest BCUT2D eigenvalue weighted by Gasteiger charge is 2.31. The Morgan fingerprint density at radius 3 is 2.78 bits per heavy atom. The molecular formula is C16H16NO4S2-. The molecule has 5 nitrogen and oxygen atoms in total. The van der Waals surface area contributed by atoms with Crippen LogP contribution in [0.4, 0.5) is 0 Å². The number of aliphatic carboxylic acids is 1. The van der Waals surface area contributed by atoms with Crippen LogP contribution in [0.15, 0.2) is 29.2 Å². The number of carbonyl (C=O) groups excluding carboxylic acids is 2. The van der Waals surface area contributed by atoms with Crippen LogP contribution < -0.4 is 9.84 Å². The summed E-state index contributed by atoms with van der Waals surface area (Å²) in [6.45, 7) is 3.88. The molecule has 1 fully saturated rings. The van der Waals surface area contributed by atoms with Crippen molar-refractivity contribution >= 4 is 46.3 Å². The van der Waals surface area contributed by atoms with E-state index in [1.165, 1.54) is 4.90 Å². The molecule has 0 unspecified atom stereocenters. The number of benzene rings is 1. The maximum Gasteiger partial charge on any atom is 0.266 e. The van der Waals surface area contributed by atoms with Gasteiger partial charge in [-0.05, 0) is 26.0 Å². The van der Waals surface area contributed by atoms with Crippen molar-refractivity contribution in [2.45, 2.75) is 26.4 Å². The van der Waals surface area contributed by atoms with Crippen LogP contribution in [0.1, 0.15) is 25.8 Å². The molecule has 122 valence electrons. The minimum absolute atomic E-state index is 0.0159. The summed E-state index contributed by atoms with van der Waals surface area (Å²) in [5.41, 5.74) is 0.779. The van der Waals surface area contributed by atoms with E-state index in [0.717, 1.165) is 17.3 Å². The fourth-order valence-electron chi connectivity index (χ4n) is 2.00. The van der Waals surface area contributed by atoms with Crippen molar-refractivity contribution in [3.63, 3.8) is 0 Å². The van der Waals surface area contributed by atoms with E-state index in [1.807, 2.05) is 38.1 Å². The molecule has 0 atom stereocenters. The number of hydrogen-bond acceptors (Lipinski definition) is 6. The average Bonchev–Trinajstić information content (AvgIpc) is 2.73. The number of amides is 1. The maximum atomic E-state index is 12.4. The summed E-state index contributed by atoms with van der Waals surface area (Å²) in [5, 5.41) is 10.6. The molecule has 0 N–H and O–H groups in total. The molecule has 1 aliphatic rings. The van der Waals surface area contributed by atoms with Crippen LogP contribution in [-0.2, 0) is 9.59 Å². The molecule has 2 rings (SSSR count). The predicted octanol–water partition coefficient (Wildman–Crippen LogP) is 1.81. The lowest BCUT2D eigenvalue weighted by atomic mass is 10.2. The van der Waals surface area contributed by atoms with Gasteiger partial charge < -0.3 is 14.6 Å². The van der Waals surface area contributed by atoms with Crippen molar-refractivity contribution in [3.8, 4) is 5.75 Å². The van der Waals surface area contributed by atoms with Crippen LogP contribution in [0.25, 0.3) is 6.08 Å². The standard InChI is InChI=1S/C16H17NO4S2/c1-10(2)21-12-6-4-3-5-11(12)9-13-15(20)17(16(22)23-13)8-7-14(18)19/h3-6,9-10H,7-8H2,1-2H3,(H,18,19)/p-1/b13-9+. The highest BCUT2D eigenvalue weighted by molar-refractivity contribution is 8.26. The van der Waals surface area contributed by atoms with Crippen LogP contribution in [-0.4, -0.2) is 33.7 Å². The number of hydrogen-bond donors (Lipinski definition) is 0. The number of ether oxygens (including phenoxy) is 1. The molecule has 0 saturated carbocycles. The van der Waals surface area contributed by atoms with Gasteiger partial charge in [-0.2, -0.15) is 0 Å². The van der Waals surface area contributed by atoms with Gasteiger partial charge in [0.25, 0.3) is 5.91 Å². The Kier molecular flexibility index (Phi) is 5.79. The molecule has 1 amide bonds. The van der Waals surface area contributed by atoms with Crippen molar-refractivity contribution in [2.75, 3.05) is 6.54 Å². The summed E-state index contributed by atoms with van der Waals surface area (Å²) in [6.07, 6.45) is 1.49. The second-order valence-electron chi connectivity index (χ2n) is 5.16. The molecule has 1 heterocycles. The fourth-order valence-corrected chi connectivity index (χ4v) is 3.30. The number of thioether (sulfide) groups is 1. The number of thiocarbonyl (C=S) groups is 1. The van der Waals surface area contributed by atoms with Gasteiger partial charge in [0.1, 0.15) is 10.1 Å². The third-order valence-electron chi connectivity index (χ3n) is 2.98. The normalized spacial score (nSPS) is 16.5. The van der Waals surface area contributed by atoms with Gasteiger partial charge in [-0.1, -0.05) is 42.2 Å². The van der Waals surface area contributed by atoms with E-state index in [0.29, 0.717) is 15.0 Å². The van der Waals surface area contributed by atoms with Crippen LogP contribution in [0.5, 0.6) is 5.75 Å². The molecule has 23 heavy (non-hydrogen) atoms. The Morgan fingerprint density at radius 2 is 2.13 bits per heavy atom. The van der Waals surface area contributed by atoms with Gasteiger partial charge in [0, 0.05) is 24.5 Å². The molecule has 1 saturated heterocycles. The van der Waals surface area contributed by atoms with Gasteiger partial charge in [0.05, 0.1) is 11.0 Å². The zero-order valence-electron chi connectivity index (χ0n) is 12.8. The summed E-state index contributed by atoms with van der Waals surface area (Å²) in [5.74, 6) is -0.818. The fraction of sp³-hybridized carbons (Fsp3) is 0.312. The first-order valence-electron chi connectivity index (χ1n) is 7.09. The van der Waals surface area contributed by atoms with Gasteiger partial charge >= 0.3 is 0 Å². The molecule has 0 bridgehead atoms. The third-order valence-corrected chi connectivity index (χ3v) is 4.36. The molecule has 7 heteroatoms. The average molecular weight is 350 g/mol. The van der Waals surface area contributed by atoms with Gasteiger partial charge in [-0.3, -0.25) is 9.69 Å². The zero-order chi connectivity index (χ0) is 17.0. The first kappa shape index (κ1) is 17.5. The first-order chi connectivity index (χ1) is 10.9. The quantitative estimate of drug-likeness (QED) is 0.576. The van der Waals surface area contributed by atoms with Crippen LogP contribution >= 0.6 is 24.0 Å². The molecule has 0 aliphatic carbocycles. The van der Waals surface area contributed by atoms with E-state index in [2.05, 4.69) is 0 Å². The lowest BCUT2D eigenvalue weighted by Crippen LogP contribution is -2.33. The lowest BCUT2D eigenvalue weighted by Gasteiger charge is -2.14. The Bertz CT molecular complexity index is 670. The zero-order valence-corrected chi connectivity index (χ0v) is 14.4. The largest absolute Gasteiger partial charge is 0.550 e. The summed E-state index contributed by atoms with van der Waals surface area (Å²) < 4.78 is 6.08. The second-order valence-corrected chi connectivity index (χ2v) is 6.84. The molecular weight excluding hydrogens is 334 g/mol. The van der Waals surface area contributed by atoms with Crippen LogP contribution in [0.3, 0.4) is 0 Å². The SMILES string of the molecule is CC(C)Oc1ccccc1/C=C1/SC(=S)N(CCC(=O)[O-])C1=O. The number of para-hydroxylation sites is 1. The lowest BCUT2D eigenvalue weighted by molar-refractivity contribution is -0.305. The number of rotatable bonds is 6. The van der Waals surface area contributed by atoms with Gasteiger partial charge in [-0.15, -0.1) is 0 Å². The van der Waals surface area contributed by atoms with Crippen molar-refractivity contribution in [2.24, 2.45) is 0 Å². The van der Waals surface area contributed by atoms with E-state index >= 15 is 0 Å². The molecule has 1 aromatic rings. The van der Waals surface area contributed by atoms with Crippen molar-refractivity contribution in [3.05, 3.63) is 34.7 Å². The highest BCUT2D eigenvalue weighted by atomic mass is 32.2. The topological polar surface area (TPSA) is 69.7 Å². The van der Waals surface area contributed by atoms with Crippen molar-refractivity contribution in [1.82, 2.24) is 4.90 Å². The molecule has 0 spiro atoms. The number of carboxylic acids is 1. The van der Waals surface area contributed by atoms with E-state index in [9.17, 15) is 14.7 Å². The second kappa shape index (κ2) is 7.61. The number of nitrogens with zero attached hydrogens (tertiary/aromatic N) is 1. The van der Waals surface area contributed by atoms with Gasteiger partial charge in [-0.25, -0.2) is 0 Å². The minimum Gasteiger partial charge on any atom is -0.550 e. The molecule has 1 aromatic carbocycles. The van der Waals surface area contributed by atoms with E-state index < -0.39 is 5.97 Å². The van der Waals surface area contributed by atoms with Crippen LogP contribution in [0, 0.1) is 0 Å². The molecule has 0 radical (unpaired) electrons. The third kappa shape index (κ3) is 4.56. The monoisotopic (exact) mass is 350 g/mol.